The number of hydrogen-bond donors (Lipinski definition) is 1. The van der Waals surface area contributed by atoms with Crippen LogP contribution in [0.3, 0.4) is 0 Å². The topological polar surface area (TPSA) is 97.2 Å². The van der Waals surface area contributed by atoms with Crippen LogP contribution in [-0.4, -0.2) is 33.1 Å². The molecule has 1 N–H and O–H groups in total. The lowest BCUT2D eigenvalue weighted by Gasteiger charge is -2.11. The van der Waals surface area contributed by atoms with E-state index in [-0.39, 0.29) is 16.9 Å². The summed E-state index contributed by atoms with van der Waals surface area (Å²) in [6.07, 6.45) is 5.23. The molecule has 0 aliphatic carbocycles. The summed E-state index contributed by atoms with van der Waals surface area (Å²) in [6, 6.07) is 11.0. The highest BCUT2D eigenvalue weighted by Gasteiger charge is 2.37. The van der Waals surface area contributed by atoms with Crippen LogP contribution in [-0.2, 0) is 4.79 Å². The van der Waals surface area contributed by atoms with Crippen molar-refractivity contribution >= 4 is 34.7 Å². The van der Waals surface area contributed by atoms with E-state index < -0.39 is 0 Å². The first-order chi connectivity index (χ1) is 12.7. The zero-order valence-electron chi connectivity index (χ0n) is 13.6. The van der Waals surface area contributed by atoms with E-state index in [0.29, 0.717) is 16.5 Å². The molecule has 0 spiro atoms. The van der Waals surface area contributed by atoms with Crippen LogP contribution in [0, 0.1) is 5.41 Å². The van der Waals surface area contributed by atoms with E-state index in [0.717, 1.165) is 17.3 Å². The minimum absolute atomic E-state index is 0.0354. The van der Waals surface area contributed by atoms with Crippen molar-refractivity contribution in [2.24, 2.45) is 0 Å². The molecule has 1 aliphatic rings. The third kappa shape index (κ3) is 2.78. The number of benzene rings is 1. The maximum Gasteiger partial charge on any atom is 0.272 e. The Labute approximate surface area is 152 Å². The molecule has 0 saturated carbocycles. The van der Waals surface area contributed by atoms with Crippen molar-refractivity contribution < 1.29 is 14.2 Å². The molecule has 3 heterocycles. The summed E-state index contributed by atoms with van der Waals surface area (Å²) in [6.45, 7) is 0. The third-order valence-electron chi connectivity index (χ3n) is 3.73. The van der Waals surface area contributed by atoms with Gasteiger partial charge in [0.05, 0.1) is 12.0 Å². The van der Waals surface area contributed by atoms with E-state index in [1.807, 2.05) is 36.4 Å². The second-order valence-corrected chi connectivity index (χ2v) is 6.37. The van der Waals surface area contributed by atoms with Gasteiger partial charge in [-0.3, -0.25) is 10.2 Å². The maximum atomic E-state index is 12.8. The molecule has 2 aromatic heterocycles. The van der Waals surface area contributed by atoms with E-state index in [9.17, 15) is 4.79 Å². The number of amides is 1. The quantitative estimate of drug-likeness (QED) is 0.712. The largest absolute Gasteiger partial charge is 0.497 e. The van der Waals surface area contributed by atoms with Crippen LogP contribution < -0.4 is 9.64 Å². The predicted octanol–water partition coefficient (Wildman–Crippen LogP) is 2.92. The second kappa shape index (κ2) is 6.52. The lowest BCUT2D eigenvalue weighted by molar-refractivity contribution is -0.113. The standard InChI is InChI=1S/C17H13N5O3S/c1-24-12-6-4-5-11(9-12)10-13-16(23)22(17(18)26-13)15-14(19-25-20-15)21-7-2-3-8-21/h2-10,18H,1H3/b13-10-,18-17?. The lowest BCUT2D eigenvalue weighted by atomic mass is 10.2. The smallest absolute Gasteiger partial charge is 0.272 e. The van der Waals surface area contributed by atoms with Crippen LogP contribution in [0.15, 0.2) is 58.3 Å². The van der Waals surface area contributed by atoms with E-state index in [1.54, 1.807) is 30.1 Å². The van der Waals surface area contributed by atoms with Gasteiger partial charge in [0.25, 0.3) is 5.91 Å². The average Bonchev–Trinajstić information content (AvgIpc) is 3.36. The van der Waals surface area contributed by atoms with Crippen molar-refractivity contribution in [3.63, 3.8) is 0 Å². The Morgan fingerprint density at radius 1 is 1.19 bits per heavy atom. The van der Waals surface area contributed by atoms with Crippen LogP contribution in [0.25, 0.3) is 11.9 Å². The average molecular weight is 367 g/mol. The van der Waals surface area contributed by atoms with Gasteiger partial charge in [-0.1, -0.05) is 12.1 Å². The molecule has 8 nitrogen and oxygen atoms in total. The van der Waals surface area contributed by atoms with E-state index in [4.69, 9.17) is 14.8 Å². The Balaban J connectivity index is 1.68. The molecule has 1 saturated heterocycles. The molecule has 130 valence electrons. The highest BCUT2D eigenvalue weighted by molar-refractivity contribution is 8.19. The molecule has 3 aromatic rings. The SMILES string of the molecule is COc1cccc(/C=C2\SC(=N)N(c3nonc3-n3cccc3)C2=O)c1. The molecular weight excluding hydrogens is 354 g/mol. The number of amidine groups is 1. The van der Waals surface area contributed by atoms with Gasteiger partial charge < -0.3 is 9.30 Å². The number of hydrogen-bond acceptors (Lipinski definition) is 7. The lowest BCUT2D eigenvalue weighted by Crippen LogP contribution is -2.29. The Hall–Kier alpha value is -3.33. The van der Waals surface area contributed by atoms with Crippen molar-refractivity contribution in [1.82, 2.24) is 14.9 Å². The number of carbonyl (C=O) groups is 1. The molecule has 0 radical (unpaired) electrons. The maximum absolute atomic E-state index is 12.8. The minimum atomic E-state index is -0.355. The van der Waals surface area contributed by atoms with Crippen LogP contribution in [0.1, 0.15) is 5.56 Å². The van der Waals surface area contributed by atoms with Crippen molar-refractivity contribution in [3.8, 4) is 11.6 Å². The number of rotatable bonds is 4. The number of aromatic nitrogens is 3. The number of nitrogens with one attached hydrogen (secondary N) is 1. The van der Waals surface area contributed by atoms with Crippen LogP contribution in [0.5, 0.6) is 5.75 Å². The van der Waals surface area contributed by atoms with E-state index in [1.165, 1.54) is 4.90 Å². The molecular formula is C17H13N5O3S. The third-order valence-corrected chi connectivity index (χ3v) is 4.62. The number of carbonyl (C=O) groups excluding carboxylic acids is 1. The van der Waals surface area contributed by atoms with Gasteiger partial charge in [0.1, 0.15) is 5.75 Å². The number of anilines is 1. The Morgan fingerprint density at radius 3 is 2.73 bits per heavy atom. The van der Waals surface area contributed by atoms with E-state index in [2.05, 4.69) is 10.3 Å². The molecule has 9 heteroatoms. The first-order valence-corrected chi connectivity index (χ1v) is 8.41. The molecule has 0 bridgehead atoms. The monoisotopic (exact) mass is 367 g/mol. The molecule has 1 fully saturated rings. The fraction of sp³-hybridized carbons (Fsp3) is 0.0588. The molecule has 4 rings (SSSR count). The summed E-state index contributed by atoms with van der Waals surface area (Å²) < 4.78 is 11.7. The van der Waals surface area contributed by atoms with Crippen LogP contribution >= 0.6 is 11.8 Å². The Morgan fingerprint density at radius 2 is 1.96 bits per heavy atom. The minimum Gasteiger partial charge on any atom is -0.497 e. The van der Waals surface area contributed by atoms with Gasteiger partial charge in [-0.25, -0.2) is 9.53 Å². The normalized spacial score (nSPS) is 15.9. The summed E-state index contributed by atoms with van der Waals surface area (Å²) in [5.41, 5.74) is 0.804. The van der Waals surface area contributed by atoms with Crippen molar-refractivity contribution in [3.05, 3.63) is 59.3 Å². The van der Waals surface area contributed by atoms with Crippen LogP contribution in [0.4, 0.5) is 5.82 Å². The molecule has 1 aromatic carbocycles. The van der Waals surface area contributed by atoms with Crippen molar-refractivity contribution in [2.75, 3.05) is 12.0 Å². The van der Waals surface area contributed by atoms with Gasteiger partial charge in [0.15, 0.2) is 5.17 Å². The highest BCUT2D eigenvalue weighted by atomic mass is 32.2. The Kier molecular flexibility index (Phi) is 4.05. The summed E-state index contributed by atoms with van der Waals surface area (Å²) in [5, 5.41) is 15.9. The summed E-state index contributed by atoms with van der Waals surface area (Å²) in [4.78, 5) is 14.4. The molecule has 0 atom stereocenters. The zero-order valence-corrected chi connectivity index (χ0v) is 14.4. The molecule has 26 heavy (non-hydrogen) atoms. The molecule has 1 amide bonds. The first-order valence-electron chi connectivity index (χ1n) is 7.60. The number of methoxy groups -OCH3 is 1. The van der Waals surface area contributed by atoms with Crippen molar-refractivity contribution in [1.29, 1.82) is 5.41 Å². The van der Waals surface area contributed by atoms with Crippen molar-refractivity contribution in [2.45, 2.75) is 0 Å². The van der Waals surface area contributed by atoms with Gasteiger partial charge in [-0.2, -0.15) is 0 Å². The fourth-order valence-electron chi connectivity index (χ4n) is 2.52. The summed E-state index contributed by atoms with van der Waals surface area (Å²) in [7, 11) is 1.58. The van der Waals surface area contributed by atoms with Gasteiger partial charge in [0, 0.05) is 12.4 Å². The highest BCUT2D eigenvalue weighted by Crippen LogP contribution is 2.36. The predicted molar refractivity (Wildman–Crippen MR) is 97.4 cm³/mol. The van der Waals surface area contributed by atoms with Crippen LogP contribution in [0.2, 0.25) is 0 Å². The summed E-state index contributed by atoms with van der Waals surface area (Å²) >= 11 is 1.06. The number of nitrogens with zero attached hydrogens (tertiary/aromatic N) is 4. The fourth-order valence-corrected chi connectivity index (χ4v) is 3.36. The number of ether oxygens (including phenoxy) is 1. The molecule has 1 aliphatic heterocycles. The van der Waals surface area contributed by atoms with Gasteiger partial charge >= 0.3 is 0 Å². The van der Waals surface area contributed by atoms with Gasteiger partial charge in [-0.15, -0.1) is 0 Å². The van der Waals surface area contributed by atoms with E-state index >= 15 is 0 Å². The van der Waals surface area contributed by atoms with Gasteiger partial charge in [0.2, 0.25) is 11.6 Å². The summed E-state index contributed by atoms with van der Waals surface area (Å²) in [5.74, 6) is 0.860. The molecule has 0 unspecified atom stereocenters. The van der Waals surface area contributed by atoms with Gasteiger partial charge in [-0.05, 0) is 58.0 Å². The first kappa shape index (κ1) is 16.2. The zero-order chi connectivity index (χ0) is 18.1. The number of thioether (sulfide) groups is 1. The Bertz CT molecular complexity index is 1010. The second-order valence-electron chi connectivity index (χ2n) is 5.33.